The molecule has 690 valence electrons. The van der Waals surface area contributed by atoms with Gasteiger partial charge in [-0.25, -0.2) is 0 Å². The van der Waals surface area contributed by atoms with Gasteiger partial charge in [0.15, 0.2) is 0 Å². The third-order valence-corrected chi connectivity index (χ3v) is 26.9. The summed E-state index contributed by atoms with van der Waals surface area (Å²) in [6.45, 7) is 0. The fourth-order valence-corrected chi connectivity index (χ4v) is 20.1. The first kappa shape index (κ1) is 92.3. The van der Waals surface area contributed by atoms with Gasteiger partial charge in [-0.1, -0.05) is 330 Å². The molecule has 0 radical (unpaired) electrons. The number of pyridine rings is 3. The molecule has 12 nitrogen and oxygen atoms in total. The van der Waals surface area contributed by atoms with Crippen LogP contribution in [0.25, 0.3) is 250 Å². The number of fused-ring (bicyclic) bond motifs is 12. The third kappa shape index (κ3) is 17.1. The number of rotatable bonds is 15. The van der Waals surface area contributed by atoms with E-state index in [0.29, 0.717) is 0 Å². The number of hydrogen-bond donors (Lipinski definition) is 0. The van der Waals surface area contributed by atoms with Crippen molar-refractivity contribution in [3.63, 3.8) is 0 Å². The molecule has 18 aromatic carbocycles. The van der Waals surface area contributed by atoms with E-state index < -0.39 is 0 Å². The minimum Gasteiger partial charge on any atom is -0.367 e. The summed E-state index contributed by atoms with van der Waals surface area (Å²) in [5.74, 6) is 2.63. The number of benzene rings is 18. The molecule has 0 aliphatic heterocycles. The van der Waals surface area contributed by atoms with E-state index in [2.05, 4.69) is 453 Å². The van der Waals surface area contributed by atoms with Gasteiger partial charge in [-0.15, -0.1) is 143 Å². The van der Waals surface area contributed by atoms with Crippen LogP contribution in [0.1, 0.15) is 0 Å². The Balaban J connectivity index is 0.000000122. The average molecular weight is 2390 g/mol. The summed E-state index contributed by atoms with van der Waals surface area (Å²) in [6.07, 6.45) is 5.49. The van der Waals surface area contributed by atoms with Crippen molar-refractivity contribution in [2.45, 2.75) is 0 Å². The molecule has 0 spiro atoms. The molecule has 144 heavy (non-hydrogen) atoms. The van der Waals surface area contributed by atoms with E-state index in [1.54, 1.807) is 0 Å². The first-order chi connectivity index (χ1) is 69.7. The maximum absolute atomic E-state index is 5.09. The van der Waals surface area contributed by atoms with Crippen LogP contribution in [0.15, 0.2) is 455 Å². The molecular formula is C129H84N12Pt3. The first-order valence-corrected chi connectivity index (χ1v) is 47.2. The van der Waals surface area contributed by atoms with Crippen molar-refractivity contribution in [2.75, 3.05) is 0 Å². The van der Waals surface area contributed by atoms with Crippen molar-refractivity contribution in [3.05, 3.63) is 492 Å². The average Bonchev–Trinajstić information content (AvgIpc) is 1.56. The predicted molar refractivity (Wildman–Crippen MR) is 577 cm³/mol. The van der Waals surface area contributed by atoms with Gasteiger partial charge in [0, 0.05) is 56.3 Å². The van der Waals surface area contributed by atoms with Crippen LogP contribution in [-0.2, 0) is 84.3 Å². The van der Waals surface area contributed by atoms with Crippen LogP contribution < -0.4 is 0 Å². The fourth-order valence-electron chi connectivity index (χ4n) is 20.1. The van der Waals surface area contributed by atoms with E-state index in [9.17, 15) is 0 Å². The maximum Gasteiger partial charge on any atom is 2.00 e. The molecule has 9 aromatic heterocycles. The molecule has 0 aliphatic rings. The molecule has 0 aliphatic carbocycles. The smallest absolute Gasteiger partial charge is 0.367 e. The Labute approximate surface area is 876 Å². The van der Waals surface area contributed by atoms with Gasteiger partial charge in [0.25, 0.3) is 0 Å². The van der Waals surface area contributed by atoms with Gasteiger partial charge in [-0.3, -0.25) is 15.0 Å². The molecule has 0 bridgehead atoms. The first-order valence-electron chi connectivity index (χ1n) is 47.2. The van der Waals surface area contributed by atoms with Gasteiger partial charge >= 0.3 is 63.2 Å². The molecule has 27 rings (SSSR count). The van der Waals surface area contributed by atoms with E-state index in [1.165, 1.54) is 33.4 Å². The van der Waals surface area contributed by atoms with Gasteiger partial charge in [-0.2, -0.15) is 0 Å². The quantitative estimate of drug-likeness (QED) is 0.0947. The number of hydrogen-bond acceptors (Lipinski definition) is 6. The van der Waals surface area contributed by atoms with Crippen molar-refractivity contribution in [1.82, 2.24) is 57.3 Å². The van der Waals surface area contributed by atoms with Gasteiger partial charge < -0.3 is 42.4 Å². The number of para-hydroxylation sites is 6. The second-order valence-corrected chi connectivity index (χ2v) is 35.3. The number of imidazole rings is 3. The SMILES string of the molecule is Cn1c(-c2[c-]c3c(c(-c4ccccc4)c2)c2cc(-c4ccccc4)ccc2n3-c2[c-]c(-c3ccccn3)ccc2)nc2ccccc21.Cn1c(-c2[c-]c3c(cc2)c2cc(-c4ccccc4)ccc2n3-c2[c-]c(-c3ccccn3)cc(-c3ccccc3)c2)nc2ccccc21.Cn1c(-c2[c-]c3c(cc2)c2cc(-c4ccccc4)ccc2n3-c2[c-]c(-c3ccccn3)ccc2-c2ccccc2)nc2ccccc21.[Pt+2].[Pt+2].[Pt+2]. The summed E-state index contributed by atoms with van der Waals surface area (Å²) >= 11 is 0. The van der Waals surface area contributed by atoms with Crippen LogP contribution >= 0.6 is 0 Å². The standard InChI is InChI=1S/3C43H28N4.3Pt/c1-46-40-21-9-8-20-38(40)45-43(46)33-27-35(30-15-6-3-7-16-30)42-36-26-31(29-13-4-2-5-14-29)22-23-39(36)47(41(42)28-33)34-18-12-17-32(25-34)37-19-10-11-24-44-37;1-46-40-18-9-8-17-38(40)45-43(46)33-20-23-35-36-26-31(29-12-4-2-5-13-29)21-24-39(36)47(42(35)28-33)41-27-32(37-16-10-11-25-44-37)19-22-34(41)30-14-6-3-7-15-30;1-46-41-18-9-8-17-39(41)45-43(46)32-19-21-36-37-27-31(29-12-4-2-5-13-29)20-22-40(37)47(42(36)28-32)35-25-33(30-14-6-3-7-15-30)24-34(26-35)38-16-10-11-23-44-38;;;/h2-24,26-27H,1H3;2-26H,1H3;2-25,27H,1H3;;;/q3*-2;3*+2. The molecule has 0 N–H and O–H groups in total. The topological polar surface area (TPSA) is 107 Å². The number of aryl methyl sites for hydroxylation is 3. The molecule has 0 atom stereocenters. The maximum atomic E-state index is 5.09. The van der Waals surface area contributed by atoms with Crippen LogP contribution in [0.2, 0.25) is 0 Å². The minimum absolute atomic E-state index is 0. The van der Waals surface area contributed by atoms with E-state index in [-0.39, 0.29) is 63.2 Å². The summed E-state index contributed by atoms with van der Waals surface area (Å²) in [5.41, 5.74) is 37.2. The fraction of sp³-hybridized carbons (Fsp3) is 0.0233. The van der Waals surface area contributed by atoms with Crippen molar-refractivity contribution < 1.29 is 63.2 Å². The normalized spacial score (nSPS) is 11.3. The molecular weight excluding hydrogens is 2300 g/mol. The second kappa shape index (κ2) is 39.8. The Morgan fingerprint density at radius 1 is 0.201 bits per heavy atom. The Hall–Kier alpha value is -16.7. The zero-order chi connectivity index (χ0) is 94.0. The van der Waals surface area contributed by atoms with E-state index in [1.807, 2.05) is 97.5 Å². The Morgan fingerprint density at radius 2 is 0.562 bits per heavy atom. The molecule has 27 aromatic rings. The molecule has 0 unspecified atom stereocenters. The van der Waals surface area contributed by atoms with E-state index in [4.69, 9.17) is 19.9 Å². The Kier molecular flexibility index (Phi) is 25.5. The summed E-state index contributed by atoms with van der Waals surface area (Å²) < 4.78 is 13.4. The van der Waals surface area contributed by atoms with Gasteiger partial charge in [0.1, 0.15) is 0 Å². The molecule has 15 heteroatoms. The monoisotopic (exact) mass is 2390 g/mol. The predicted octanol–water partition coefficient (Wildman–Crippen LogP) is 31.0. The van der Waals surface area contributed by atoms with Crippen LogP contribution in [-0.4, -0.2) is 57.3 Å². The van der Waals surface area contributed by atoms with E-state index in [0.717, 1.165) is 217 Å². The summed E-state index contributed by atoms with van der Waals surface area (Å²) in [7, 11) is 6.22. The zero-order valence-corrected chi connectivity index (χ0v) is 84.9. The summed E-state index contributed by atoms with van der Waals surface area (Å²) in [5, 5.41) is 6.86. The zero-order valence-electron chi connectivity index (χ0n) is 78.1. The van der Waals surface area contributed by atoms with Gasteiger partial charge in [-0.05, 0) is 184 Å². The summed E-state index contributed by atoms with van der Waals surface area (Å²) in [4.78, 5) is 29.1. The van der Waals surface area contributed by atoms with Gasteiger partial charge in [0.05, 0.1) is 50.6 Å². The Bertz CT molecular complexity index is 9380. The molecule has 9 heterocycles. The minimum atomic E-state index is 0. The van der Waals surface area contributed by atoms with Crippen LogP contribution in [0.5, 0.6) is 0 Å². The molecule has 0 amide bonds. The second-order valence-electron chi connectivity index (χ2n) is 35.3. The number of aromatic nitrogens is 12. The Morgan fingerprint density at radius 3 is 1.02 bits per heavy atom. The van der Waals surface area contributed by atoms with Crippen molar-refractivity contribution in [2.24, 2.45) is 21.1 Å². The number of nitrogens with zero attached hydrogens (tertiary/aromatic N) is 12. The molecule has 0 saturated heterocycles. The molecule has 0 fully saturated rings. The third-order valence-electron chi connectivity index (χ3n) is 26.9. The van der Waals surface area contributed by atoms with Crippen LogP contribution in [0.3, 0.4) is 0 Å². The van der Waals surface area contributed by atoms with Crippen LogP contribution in [0.4, 0.5) is 0 Å². The van der Waals surface area contributed by atoms with Crippen molar-refractivity contribution in [1.29, 1.82) is 0 Å². The van der Waals surface area contributed by atoms with Crippen molar-refractivity contribution in [3.8, 4) is 152 Å². The molecule has 0 saturated carbocycles. The van der Waals surface area contributed by atoms with Gasteiger partial charge in [0.2, 0.25) is 0 Å². The van der Waals surface area contributed by atoms with Crippen LogP contribution in [0, 0.1) is 36.4 Å². The largest absolute Gasteiger partial charge is 2.00 e. The summed E-state index contributed by atoms with van der Waals surface area (Å²) in [6, 6.07) is 175. The van der Waals surface area contributed by atoms with E-state index >= 15 is 0 Å². The van der Waals surface area contributed by atoms with Crippen molar-refractivity contribution >= 4 is 98.5 Å².